The third kappa shape index (κ3) is 3.50. The molecule has 0 unspecified atom stereocenters. The molecule has 0 atom stereocenters. The van der Waals surface area contributed by atoms with Crippen molar-refractivity contribution >= 4 is 10.0 Å². The summed E-state index contributed by atoms with van der Waals surface area (Å²) in [5.41, 5.74) is 1.13. The highest BCUT2D eigenvalue weighted by atomic mass is 32.2. The summed E-state index contributed by atoms with van der Waals surface area (Å²) in [5.74, 6) is -1.31. The maximum Gasteiger partial charge on any atom is 0.243 e. The van der Waals surface area contributed by atoms with E-state index in [9.17, 15) is 17.2 Å². The standard InChI is InChI=1S/C16H12F2N2O3S/c17-12-3-4-13(18)16(9-12)24(21,22)20-10-11-5-6-19-14(8-11)15-2-1-7-23-15/h1-9,20H,10H2. The number of hydrogen-bond donors (Lipinski definition) is 1. The summed E-state index contributed by atoms with van der Waals surface area (Å²) < 4.78 is 58.6. The maximum absolute atomic E-state index is 13.6. The van der Waals surface area contributed by atoms with E-state index < -0.39 is 26.6 Å². The van der Waals surface area contributed by atoms with Crippen molar-refractivity contribution in [3.63, 3.8) is 0 Å². The largest absolute Gasteiger partial charge is 0.463 e. The Morgan fingerprint density at radius 3 is 2.71 bits per heavy atom. The minimum absolute atomic E-state index is 0.103. The molecule has 0 bridgehead atoms. The molecule has 0 saturated carbocycles. The molecule has 0 aliphatic carbocycles. The minimum atomic E-state index is -4.19. The van der Waals surface area contributed by atoms with Crippen molar-refractivity contribution in [1.29, 1.82) is 0 Å². The summed E-state index contributed by atoms with van der Waals surface area (Å²) in [7, 11) is -4.19. The van der Waals surface area contributed by atoms with Crippen molar-refractivity contribution in [1.82, 2.24) is 9.71 Å². The van der Waals surface area contributed by atoms with Gasteiger partial charge in [-0.1, -0.05) is 0 Å². The lowest BCUT2D eigenvalue weighted by atomic mass is 10.2. The van der Waals surface area contributed by atoms with Gasteiger partial charge in [0.25, 0.3) is 0 Å². The highest BCUT2D eigenvalue weighted by Gasteiger charge is 2.19. The second-order valence-corrected chi connectivity index (χ2v) is 6.66. The van der Waals surface area contributed by atoms with E-state index in [1.165, 1.54) is 12.5 Å². The molecule has 0 aliphatic rings. The Bertz CT molecular complexity index is 957. The summed E-state index contributed by atoms with van der Waals surface area (Å²) in [4.78, 5) is 3.40. The van der Waals surface area contributed by atoms with Gasteiger partial charge >= 0.3 is 0 Å². The first-order valence-electron chi connectivity index (χ1n) is 6.89. The van der Waals surface area contributed by atoms with Crippen LogP contribution in [0.1, 0.15) is 5.56 Å². The third-order valence-corrected chi connectivity index (χ3v) is 4.66. The van der Waals surface area contributed by atoms with E-state index in [1.807, 2.05) is 0 Å². The number of nitrogens with one attached hydrogen (secondary N) is 1. The van der Waals surface area contributed by atoms with Crippen LogP contribution >= 0.6 is 0 Å². The fraction of sp³-hybridized carbons (Fsp3) is 0.0625. The highest BCUT2D eigenvalue weighted by Crippen LogP contribution is 2.19. The van der Waals surface area contributed by atoms with E-state index in [1.54, 1.807) is 24.3 Å². The number of rotatable bonds is 5. The molecule has 3 rings (SSSR count). The van der Waals surface area contributed by atoms with Crippen LogP contribution < -0.4 is 4.72 Å². The molecule has 124 valence electrons. The molecule has 0 saturated heterocycles. The molecular formula is C16H12F2N2O3S. The lowest BCUT2D eigenvalue weighted by Crippen LogP contribution is -2.24. The summed E-state index contributed by atoms with van der Waals surface area (Å²) in [6.45, 7) is -0.103. The van der Waals surface area contributed by atoms with Crippen molar-refractivity contribution in [3.05, 3.63) is 72.1 Å². The van der Waals surface area contributed by atoms with Gasteiger partial charge in [0.1, 0.15) is 22.2 Å². The fourth-order valence-corrected chi connectivity index (χ4v) is 3.19. The Morgan fingerprint density at radius 2 is 1.96 bits per heavy atom. The van der Waals surface area contributed by atoms with E-state index in [-0.39, 0.29) is 6.54 Å². The average molecular weight is 350 g/mol. The van der Waals surface area contributed by atoms with Crippen molar-refractivity contribution < 1.29 is 21.6 Å². The number of aromatic nitrogens is 1. The molecule has 2 heterocycles. The lowest BCUT2D eigenvalue weighted by molar-refractivity contribution is 0.545. The quantitative estimate of drug-likeness (QED) is 0.767. The van der Waals surface area contributed by atoms with Crippen LogP contribution in [-0.2, 0) is 16.6 Å². The topological polar surface area (TPSA) is 72.2 Å². The Labute approximate surface area is 137 Å². The van der Waals surface area contributed by atoms with Crippen LogP contribution in [0.25, 0.3) is 11.5 Å². The summed E-state index contributed by atoms with van der Waals surface area (Å²) in [6, 6.07) is 8.94. The van der Waals surface area contributed by atoms with Gasteiger partial charge in [0.15, 0.2) is 5.76 Å². The van der Waals surface area contributed by atoms with Crippen LogP contribution in [0, 0.1) is 11.6 Å². The predicted molar refractivity (Wildman–Crippen MR) is 82.3 cm³/mol. The first-order valence-corrected chi connectivity index (χ1v) is 8.37. The smallest absolute Gasteiger partial charge is 0.243 e. The number of halogens is 2. The van der Waals surface area contributed by atoms with Crippen LogP contribution in [-0.4, -0.2) is 13.4 Å². The van der Waals surface area contributed by atoms with Gasteiger partial charge in [0.05, 0.1) is 6.26 Å². The zero-order valence-corrected chi connectivity index (χ0v) is 13.1. The second kappa shape index (κ2) is 6.50. The van der Waals surface area contributed by atoms with Crippen LogP contribution in [0.2, 0.25) is 0 Å². The van der Waals surface area contributed by atoms with E-state index >= 15 is 0 Å². The molecule has 0 aliphatic heterocycles. The van der Waals surface area contributed by atoms with Crippen molar-refractivity contribution in [2.75, 3.05) is 0 Å². The van der Waals surface area contributed by atoms with Crippen molar-refractivity contribution in [2.45, 2.75) is 11.4 Å². The number of hydrogen-bond acceptors (Lipinski definition) is 4. The van der Waals surface area contributed by atoms with Gasteiger partial charge in [0.2, 0.25) is 10.0 Å². The van der Waals surface area contributed by atoms with Crippen molar-refractivity contribution in [2.24, 2.45) is 0 Å². The number of sulfonamides is 1. The van der Waals surface area contributed by atoms with Crippen LogP contribution in [0.5, 0.6) is 0 Å². The fourth-order valence-electron chi connectivity index (χ4n) is 2.08. The number of furan rings is 1. The van der Waals surface area contributed by atoms with E-state index in [0.717, 1.165) is 12.1 Å². The Morgan fingerprint density at radius 1 is 1.12 bits per heavy atom. The maximum atomic E-state index is 13.6. The summed E-state index contributed by atoms with van der Waals surface area (Å²) >= 11 is 0. The monoisotopic (exact) mass is 350 g/mol. The SMILES string of the molecule is O=S(=O)(NCc1ccnc(-c2ccco2)c1)c1cc(F)ccc1F. The lowest BCUT2D eigenvalue weighted by Gasteiger charge is -2.08. The highest BCUT2D eigenvalue weighted by molar-refractivity contribution is 7.89. The first-order chi connectivity index (χ1) is 11.5. The number of benzene rings is 1. The van der Waals surface area contributed by atoms with Gasteiger partial charge in [-0.25, -0.2) is 21.9 Å². The van der Waals surface area contributed by atoms with Crippen molar-refractivity contribution in [3.8, 4) is 11.5 Å². The average Bonchev–Trinajstić information content (AvgIpc) is 3.10. The van der Waals surface area contributed by atoms with Crippen LogP contribution in [0.3, 0.4) is 0 Å². The molecule has 5 nitrogen and oxygen atoms in total. The predicted octanol–water partition coefficient (Wildman–Crippen LogP) is 3.10. The molecule has 1 aromatic carbocycles. The zero-order valence-electron chi connectivity index (χ0n) is 12.2. The first kappa shape index (κ1) is 16.3. The number of pyridine rings is 1. The second-order valence-electron chi connectivity index (χ2n) is 4.93. The molecular weight excluding hydrogens is 338 g/mol. The minimum Gasteiger partial charge on any atom is -0.463 e. The molecule has 0 spiro atoms. The molecule has 2 aromatic heterocycles. The van der Waals surface area contributed by atoms with E-state index in [2.05, 4.69) is 9.71 Å². The molecule has 8 heteroatoms. The van der Waals surface area contributed by atoms with Gasteiger partial charge in [-0.05, 0) is 48.0 Å². The number of nitrogens with zero attached hydrogens (tertiary/aromatic N) is 1. The van der Waals surface area contributed by atoms with E-state index in [4.69, 9.17) is 4.42 Å². The molecule has 24 heavy (non-hydrogen) atoms. The molecule has 0 fully saturated rings. The van der Waals surface area contributed by atoms with Gasteiger partial charge in [-0.3, -0.25) is 4.98 Å². The van der Waals surface area contributed by atoms with Gasteiger partial charge in [-0.15, -0.1) is 0 Å². The van der Waals surface area contributed by atoms with Gasteiger partial charge in [0, 0.05) is 12.7 Å². The normalized spacial score (nSPS) is 11.6. The molecule has 3 aromatic rings. The Kier molecular flexibility index (Phi) is 4.41. The summed E-state index contributed by atoms with van der Waals surface area (Å²) in [5, 5.41) is 0. The summed E-state index contributed by atoms with van der Waals surface area (Å²) in [6.07, 6.45) is 3.00. The third-order valence-electron chi connectivity index (χ3n) is 3.25. The Hall–Kier alpha value is -2.58. The van der Waals surface area contributed by atoms with Crippen LogP contribution in [0.15, 0.2) is 64.2 Å². The molecule has 0 amide bonds. The Balaban J connectivity index is 1.80. The molecule has 1 N–H and O–H groups in total. The van der Waals surface area contributed by atoms with Gasteiger partial charge in [-0.2, -0.15) is 0 Å². The molecule has 0 radical (unpaired) electrons. The van der Waals surface area contributed by atoms with Crippen LogP contribution in [0.4, 0.5) is 8.78 Å². The zero-order chi connectivity index (χ0) is 17.2. The van der Waals surface area contributed by atoms with Gasteiger partial charge < -0.3 is 4.42 Å². The van der Waals surface area contributed by atoms with E-state index in [0.29, 0.717) is 23.1 Å².